The Hall–Kier alpha value is -2.42. The van der Waals surface area contributed by atoms with Crippen LogP contribution in [-0.2, 0) is 16.1 Å². The summed E-state index contributed by atoms with van der Waals surface area (Å²) in [5, 5.41) is 12.8. The second-order valence-electron chi connectivity index (χ2n) is 6.63. The lowest BCUT2D eigenvalue weighted by Gasteiger charge is -2.14. The number of aromatic nitrogens is 4. The number of halogens is 1. The molecule has 3 aromatic rings. The number of anilines is 1. The smallest absolute Gasteiger partial charge is 0.234 e. The third-order valence-electron chi connectivity index (χ3n) is 4.51. The Morgan fingerprint density at radius 2 is 2.14 bits per heavy atom. The average molecular weight is 430 g/mol. The Morgan fingerprint density at radius 1 is 1.28 bits per heavy atom. The van der Waals surface area contributed by atoms with Crippen LogP contribution in [-0.4, -0.2) is 44.1 Å². The average Bonchev–Trinajstić information content (AvgIpc) is 3.38. The molecule has 0 unspecified atom stereocenters. The predicted octanol–water partition coefficient (Wildman–Crippen LogP) is 3.90. The molecule has 0 radical (unpaired) electrons. The minimum Gasteiger partial charge on any atom is -0.376 e. The van der Waals surface area contributed by atoms with Gasteiger partial charge < -0.3 is 10.1 Å². The molecule has 1 aromatic carbocycles. The van der Waals surface area contributed by atoms with Crippen LogP contribution in [0.3, 0.4) is 0 Å². The number of rotatable bonds is 7. The van der Waals surface area contributed by atoms with Crippen molar-refractivity contribution >= 4 is 35.0 Å². The Bertz CT molecular complexity index is 976. The van der Waals surface area contributed by atoms with Gasteiger partial charge >= 0.3 is 0 Å². The van der Waals surface area contributed by atoms with Crippen molar-refractivity contribution in [1.82, 2.24) is 19.7 Å². The monoisotopic (exact) mass is 429 g/mol. The van der Waals surface area contributed by atoms with E-state index in [-0.39, 0.29) is 17.8 Å². The zero-order valence-electron chi connectivity index (χ0n) is 15.6. The lowest BCUT2D eigenvalue weighted by atomic mass is 10.2. The van der Waals surface area contributed by atoms with E-state index in [0.717, 1.165) is 30.8 Å². The number of nitrogens with one attached hydrogen (secondary N) is 1. The molecule has 1 amide bonds. The summed E-state index contributed by atoms with van der Waals surface area (Å²) in [7, 11) is 0. The van der Waals surface area contributed by atoms with Crippen LogP contribution in [0.5, 0.6) is 0 Å². The van der Waals surface area contributed by atoms with Crippen LogP contribution in [0.1, 0.15) is 12.8 Å². The molecule has 1 atom stereocenters. The van der Waals surface area contributed by atoms with Gasteiger partial charge in [0.2, 0.25) is 5.91 Å². The van der Waals surface area contributed by atoms with Crippen LogP contribution < -0.4 is 5.32 Å². The number of carbonyl (C=O) groups is 1. The van der Waals surface area contributed by atoms with Crippen molar-refractivity contribution in [2.24, 2.45) is 0 Å². The fraction of sp³-hybridized carbons (Fsp3) is 0.300. The van der Waals surface area contributed by atoms with E-state index in [9.17, 15) is 4.79 Å². The molecule has 9 heteroatoms. The number of thioether (sulfide) groups is 1. The molecule has 1 saturated heterocycles. The fourth-order valence-corrected chi connectivity index (χ4v) is 4.10. The van der Waals surface area contributed by atoms with Gasteiger partial charge in [-0.1, -0.05) is 29.4 Å². The molecular formula is C20H20ClN5O2S. The first-order valence-corrected chi connectivity index (χ1v) is 10.7. The van der Waals surface area contributed by atoms with E-state index >= 15 is 0 Å². The molecule has 150 valence electrons. The van der Waals surface area contributed by atoms with E-state index < -0.39 is 0 Å². The molecule has 1 aliphatic rings. The summed E-state index contributed by atoms with van der Waals surface area (Å²) in [6.07, 6.45) is 5.65. The number of hydrogen-bond acceptors (Lipinski definition) is 6. The van der Waals surface area contributed by atoms with Crippen molar-refractivity contribution < 1.29 is 9.53 Å². The molecule has 29 heavy (non-hydrogen) atoms. The SMILES string of the molecule is O=C(CSc1nnc(-c2ccncc2)n1C[C@H]1CCCO1)Nc1cccc(Cl)c1. The Labute approximate surface area is 177 Å². The Kier molecular flexibility index (Phi) is 6.43. The molecule has 1 fully saturated rings. The lowest BCUT2D eigenvalue weighted by molar-refractivity contribution is -0.113. The van der Waals surface area contributed by atoms with E-state index in [1.54, 1.807) is 36.7 Å². The number of nitrogens with zero attached hydrogens (tertiary/aromatic N) is 4. The number of hydrogen-bond donors (Lipinski definition) is 1. The number of benzene rings is 1. The highest BCUT2D eigenvalue weighted by molar-refractivity contribution is 7.99. The van der Waals surface area contributed by atoms with Crippen molar-refractivity contribution in [2.75, 3.05) is 17.7 Å². The summed E-state index contributed by atoms with van der Waals surface area (Å²) < 4.78 is 7.83. The topological polar surface area (TPSA) is 81.9 Å². The van der Waals surface area contributed by atoms with E-state index in [1.165, 1.54) is 11.8 Å². The van der Waals surface area contributed by atoms with Gasteiger partial charge in [-0.25, -0.2) is 0 Å². The van der Waals surface area contributed by atoms with Gasteiger partial charge in [-0.15, -0.1) is 10.2 Å². The van der Waals surface area contributed by atoms with Gasteiger partial charge in [0.15, 0.2) is 11.0 Å². The molecule has 7 nitrogen and oxygen atoms in total. The molecule has 2 aromatic heterocycles. The van der Waals surface area contributed by atoms with Gasteiger partial charge in [0.25, 0.3) is 0 Å². The zero-order valence-corrected chi connectivity index (χ0v) is 17.2. The fourth-order valence-electron chi connectivity index (χ4n) is 3.16. The molecule has 1 N–H and O–H groups in total. The van der Waals surface area contributed by atoms with Crippen LogP contribution in [0.25, 0.3) is 11.4 Å². The van der Waals surface area contributed by atoms with E-state index in [1.807, 2.05) is 16.7 Å². The predicted molar refractivity (Wildman–Crippen MR) is 113 cm³/mol. The van der Waals surface area contributed by atoms with Gasteiger partial charge in [-0.2, -0.15) is 0 Å². The maximum atomic E-state index is 12.4. The molecule has 3 heterocycles. The number of pyridine rings is 1. The van der Waals surface area contributed by atoms with Crippen molar-refractivity contribution in [1.29, 1.82) is 0 Å². The van der Waals surface area contributed by atoms with Crippen LogP contribution >= 0.6 is 23.4 Å². The van der Waals surface area contributed by atoms with E-state index in [4.69, 9.17) is 16.3 Å². The van der Waals surface area contributed by atoms with Gasteiger partial charge in [0.1, 0.15) is 0 Å². The van der Waals surface area contributed by atoms with Gasteiger partial charge in [-0.05, 0) is 43.2 Å². The molecule has 1 aliphatic heterocycles. The van der Waals surface area contributed by atoms with Crippen molar-refractivity contribution in [3.8, 4) is 11.4 Å². The second kappa shape index (κ2) is 9.39. The quantitative estimate of drug-likeness (QED) is 0.573. The third-order valence-corrected chi connectivity index (χ3v) is 5.71. The molecule has 4 rings (SSSR count). The first-order valence-electron chi connectivity index (χ1n) is 9.32. The molecule has 0 saturated carbocycles. The molecule has 0 spiro atoms. The van der Waals surface area contributed by atoms with E-state index in [0.29, 0.717) is 22.4 Å². The lowest BCUT2D eigenvalue weighted by Crippen LogP contribution is -2.18. The molecule has 0 bridgehead atoms. The van der Waals surface area contributed by atoms with Crippen molar-refractivity contribution in [3.05, 3.63) is 53.8 Å². The minimum absolute atomic E-state index is 0.130. The first-order chi connectivity index (χ1) is 14.2. The minimum atomic E-state index is -0.130. The summed E-state index contributed by atoms with van der Waals surface area (Å²) >= 11 is 7.32. The van der Waals surface area contributed by atoms with Crippen molar-refractivity contribution in [2.45, 2.75) is 30.6 Å². The number of ether oxygens (including phenoxy) is 1. The Morgan fingerprint density at radius 3 is 2.90 bits per heavy atom. The standard InChI is InChI=1S/C20H20ClN5O2S/c21-15-3-1-4-16(11-15)23-18(27)13-29-20-25-24-19(14-6-8-22-9-7-14)26(20)12-17-5-2-10-28-17/h1,3-4,6-9,11,17H,2,5,10,12-13H2,(H,23,27)/t17-/m1/s1. The van der Waals surface area contributed by atoms with Crippen LogP contribution in [0, 0.1) is 0 Å². The highest BCUT2D eigenvalue weighted by Gasteiger charge is 2.22. The number of amides is 1. The van der Waals surface area contributed by atoms with Gasteiger partial charge in [0, 0.05) is 35.3 Å². The summed E-state index contributed by atoms with van der Waals surface area (Å²) in [5.41, 5.74) is 1.60. The zero-order chi connectivity index (χ0) is 20.1. The van der Waals surface area contributed by atoms with E-state index in [2.05, 4.69) is 20.5 Å². The summed E-state index contributed by atoms with van der Waals surface area (Å²) in [4.78, 5) is 16.4. The molecular weight excluding hydrogens is 410 g/mol. The van der Waals surface area contributed by atoms with Crippen LogP contribution in [0.4, 0.5) is 5.69 Å². The number of carbonyl (C=O) groups excluding carboxylic acids is 1. The summed E-state index contributed by atoms with van der Waals surface area (Å²) in [6.45, 7) is 1.44. The highest BCUT2D eigenvalue weighted by Crippen LogP contribution is 2.26. The van der Waals surface area contributed by atoms with Gasteiger partial charge in [0.05, 0.1) is 18.4 Å². The normalized spacial score (nSPS) is 16.1. The Balaban J connectivity index is 1.48. The third kappa shape index (κ3) is 5.14. The first kappa shape index (κ1) is 19.9. The second-order valence-corrected chi connectivity index (χ2v) is 8.01. The molecule has 0 aliphatic carbocycles. The largest absolute Gasteiger partial charge is 0.376 e. The van der Waals surface area contributed by atoms with Crippen LogP contribution in [0.2, 0.25) is 5.02 Å². The summed E-state index contributed by atoms with van der Waals surface area (Å²) in [5.74, 6) is 0.835. The van der Waals surface area contributed by atoms with Crippen molar-refractivity contribution in [3.63, 3.8) is 0 Å². The highest BCUT2D eigenvalue weighted by atomic mass is 35.5. The van der Waals surface area contributed by atoms with Crippen LogP contribution in [0.15, 0.2) is 53.9 Å². The van der Waals surface area contributed by atoms with Gasteiger partial charge in [-0.3, -0.25) is 14.3 Å². The maximum absolute atomic E-state index is 12.4. The maximum Gasteiger partial charge on any atom is 0.234 e. The summed E-state index contributed by atoms with van der Waals surface area (Å²) in [6, 6.07) is 10.9.